The normalized spacial score (nSPS) is 20.2. The summed E-state index contributed by atoms with van der Waals surface area (Å²) in [7, 11) is 2.02. The van der Waals surface area contributed by atoms with Gasteiger partial charge in [0, 0.05) is 18.5 Å². The van der Waals surface area contributed by atoms with Crippen LogP contribution < -0.4 is 4.90 Å². The number of anilines is 1. The van der Waals surface area contributed by atoms with Gasteiger partial charge >= 0.3 is 0 Å². The van der Waals surface area contributed by atoms with Crippen LogP contribution in [0.2, 0.25) is 0 Å². The molecular formula is C23H19N3OS2. The van der Waals surface area contributed by atoms with E-state index in [1.165, 1.54) is 22.0 Å². The molecule has 1 amide bonds. The Balaban J connectivity index is 1.54. The van der Waals surface area contributed by atoms with Crippen LogP contribution in [0.5, 0.6) is 0 Å². The molecular weight excluding hydrogens is 398 g/mol. The first kappa shape index (κ1) is 18.3. The molecule has 0 radical (unpaired) electrons. The Morgan fingerprint density at radius 3 is 2.48 bits per heavy atom. The van der Waals surface area contributed by atoms with Crippen LogP contribution in [0.3, 0.4) is 0 Å². The second-order valence-electron chi connectivity index (χ2n) is 6.84. The minimum absolute atomic E-state index is 0.0270. The van der Waals surface area contributed by atoms with E-state index in [9.17, 15) is 4.79 Å². The predicted octanol–water partition coefficient (Wildman–Crippen LogP) is 5.83. The molecule has 0 saturated carbocycles. The molecule has 2 aliphatic rings. The number of para-hydroxylation sites is 1. The molecule has 1 fully saturated rings. The van der Waals surface area contributed by atoms with Crippen LogP contribution >= 0.6 is 23.5 Å². The average Bonchev–Trinajstić information content (AvgIpc) is 3.24. The number of hydrogen-bond acceptors (Lipinski definition) is 5. The molecule has 0 unspecified atom stereocenters. The maximum absolute atomic E-state index is 13.2. The van der Waals surface area contributed by atoms with Crippen molar-refractivity contribution in [2.45, 2.75) is 11.8 Å². The number of hydrogen-bond donors (Lipinski definition) is 0. The SMILES string of the molecule is CCN1C(=O)/C(=C2/Sc3ccccc3N2C)SC1=Nc1ccc2ccccc2c1. The Bertz CT molecular complexity index is 1200. The summed E-state index contributed by atoms with van der Waals surface area (Å²) in [4.78, 5) is 23.8. The second-order valence-corrected chi connectivity index (χ2v) is 8.85. The molecule has 3 aromatic rings. The van der Waals surface area contributed by atoms with Gasteiger partial charge in [0.2, 0.25) is 0 Å². The van der Waals surface area contributed by atoms with Gasteiger partial charge < -0.3 is 4.90 Å². The highest BCUT2D eigenvalue weighted by atomic mass is 32.2. The molecule has 0 aromatic heterocycles. The van der Waals surface area contributed by atoms with Gasteiger partial charge in [0.15, 0.2) is 5.17 Å². The molecule has 2 heterocycles. The third-order valence-electron chi connectivity index (χ3n) is 5.07. The Kier molecular flexibility index (Phi) is 4.60. The van der Waals surface area contributed by atoms with Crippen molar-refractivity contribution in [3.8, 4) is 0 Å². The van der Waals surface area contributed by atoms with Crippen molar-refractivity contribution in [3.63, 3.8) is 0 Å². The fourth-order valence-electron chi connectivity index (χ4n) is 3.55. The van der Waals surface area contributed by atoms with E-state index in [1.54, 1.807) is 16.7 Å². The number of carbonyl (C=O) groups excluding carboxylic acids is 1. The Morgan fingerprint density at radius 2 is 1.69 bits per heavy atom. The lowest BCUT2D eigenvalue weighted by Gasteiger charge is -2.15. The van der Waals surface area contributed by atoms with E-state index in [1.807, 2.05) is 44.3 Å². The van der Waals surface area contributed by atoms with E-state index < -0.39 is 0 Å². The first-order valence-corrected chi connectivity index (χ1v) is 11.1. The first-order chi connectivity index (χ1) is 14.2. The molecule has 0 N–H and O–H groups in total. The number of carbonyl (C=O) groups is 1. The zero-order chi connectivity index (χ0) is 20.0. The maximum Gasteiger partial charge on any atom is 0.269 e. The summed E-state index contributed by atoms with van der Waals surface area (Å²) in [5, 5.41) is 4.04. The van der Waals surface area contributed by atoms with Crippen molar-refractivity contribution in [2.24, 2.45) is 4.99 Å². The lowest BCUT2D eigenvalue weighted by atomic mass is 10.1. The number of likely N-dealkylation sites (N-methyl/N-ethyl adjacent to an activating group) is 1. The first-order valence-electron chi connectivity index (χ1n) is 9.48. The number of rotatable bonds is 2. The van der Waals surface area contributed by atoms with Crippen LogP contribution in [0.4, 0.5) is 11.4 Å². The number of benzene rings is 3. The quantitative estimate of drug-likeness (QED) is 0.491. The molecule has 3 aromatic carbocycles. The summed E-state index contributed by atoms with van der Waals surface area (Å²) in [5.74, 6) is 0.0270. The molecule has 2 aliphatic heterocycles. The summed E-state index contributed by atoms with van der Waals surface area (Å²) in [6.07, 6.45) is 0. The zero-order valence-corrected chi connectivity index (χ0v) is 17.8. The molecule has 6 heteroatoms. The number of aliphatic imine (C=N–C) groups is 1. The van der Waals surface area contributed by atoms with Gasteiger partial charge in [-0.3, -0.25) is 9.69 Å². The van der Waals surface area contributed by atoms with E-state index in [0.717, 1.165) is 31.9 Å². The largest absolute Gasteiger partial charge is 0.337 e. The Labute approximate surface area is 178 Å². The van der Waals surface area contributed by atoms with Crippen LogP contribution in [0.25, 0.3) is 10.8 Å². The standard InChI is InChI=1S/C23H19N3OS2/c1-3-26-21(27)20(22-25(2)18-10-6-7-11-19(18)28-22)29-23(26)24-17-13-12-15-8-4-5-9-16(15)14-17/h4-14H,3H2,1-2H3/b22-20-,24-23?. The number of amides is 1. The summed E-state index contributed by atoms with van der Waals surface area (Å²) >= 11 is 3.12. The predicted molar refractivity (Wildman–Crippen MR) is 124 cm³/mol. The summed E-state index contributed by atoms with van der Waals surface area (Å²) in [5.41, 5.74) is 2.00. The zero-order valence-electron chi connectivity index (χ0n) is 16.1. The van der Waals surface area contributed by atoms with Gasteiger partial charge in [-0.15, -0.1) is 0 Å². The lowest BCUT2D eigenvalue weighted by molar-refractivity contribution is -0.122. The Hall–Kier alpha value is -2.70. The molecule has 5 rings (SSSR count). The van der Waals surface area contributed by atoms with Crippen molar-refractivity contribution in [1.29, 1.82) is 0 Å². The highest BCUT2D eigenvalue weighted by molar-refractivity contribution is 8.19. The smallest absolute Gasteiger partial charge is 0.269 e. The summed E-state index contributed by atoms with van der Waals surface area (Å²) in [6.45, 7) is 2.58. The third-order valence-corrected chi connectivity index (χ3v) is 7.50. The average molecular weight is 418 g/mol. The second kappa shape index (κ2) is 7.28. The third kappa shape index (κ3) is 3.12. The highest BCUT2D eigenvalue weighted by Gasteiger charge is 2.38. The fourth-order valence-corrected chi connectivity index (χ4v) is 5.96. The minimum atomic E-state index is 0.0270. The van der Waals surface area contributed by atoms with E-state index in [2.05, 4.69) is 41.3 Å². The summed E-state index contributed by atoms with van der Waals surface area (Å²) < 4.78 is 0. The number of amidine groups is 1. The van der Waals surface area contributed by atoms with Crippen molar-refractivity contribution in [1.82, 2.24) is 4.90 Å². The van der Waals surface area contributed by atoms with Crippen molar-refractivity contribution >= 4 is 56.7 Å². The topological polar surface area (TPSA) is 35.9 Å². The number of thioether (sulfide) groups is 2. The van der Waals surface area contributed by atoms with E-state index in [0.29, 0.717) is 6.54 Å². The monoisotopic (exact) mass is 417 g/mol. The molecule has 0 atom stereocenters. The highest BCUT2D eigenvalue weighted by Crippen LogP contribution is 2.49. The van der Waals surface area contributed by atoms with Crippen LogP contribution in [0.1, 0.15) is 6.92 Å². The van der Waals surface area contributed by atoms with Crippen molar-refractivity contribution in [2.75, 3.05) is 18.5 Å². The van der Waals surface area contributed by atoms with Gasteiger partial charge in [-0.25, -0.2) is 4.99 Å². The van der Waals surface area contributed by atoms with E-state index >= 15 is 0 Å². The summed E-state index contributed by atoms with van der Waals surface area (Å²) in [6, 6.07) is 22.6. The van der Waals surface area contributed by atoms with Crippen molar-refractivity contribution in [3.05, 3.63) is 76.7 Å². The molecule has 0 bridgehead atoms. The van der Waals surface area contributed by atoms with Crippen LogP contribution in [0, 0.1) is 0 Å². The van der Waals surface area contributed by atoms with E-state index in [4.69, 9.17) is 4.99 Å². The van der Waals surface area contributed by atoms with Crippen LogP contribution in [0.15, 0.2) is 86.6 Å². The van der Waals surface area contributed by atoms with Gasteiger partial charge in [-0.1, -0.05) is 54.2 Å². The van der Waals surface area contributed by atoms with Gasteiger partial charge in [0.05, 0.1) is 16.4 Å². The number of nitrogens with zero attached hydrogens (tertiary/aromatic N) is 3. The molecule has 0 spiro atoms. The lowest BCUT2D eigenvalue weighted by Crippen LogP contribution is -2.29. The molecule has 29 heavy (non-hydrogen) atoms. The molecule has 4 nitrogen and oxygen atoms in total. The van der Waals surface area contributed by atoms with Crippen LogP contribution in [-0.4, -0.2) is 29.6 Å². The van der Waals surface area contributed by atoms with Crippen molar-refractivity contribution < 1.29 is 4.79 Å². The van der Waals surface area contributed by atoms with Gasteiger partial charge in [0.25, 0.3) is 5.91 Å². The molecule has 144 valence electrons. The van der Waals surface area contributed by atoms with Gasteiger partial charge in [-0.2, -0.15) is 0 Å². The van der Waals surface area contributed by atoms with Gasteiger partial charge in [-0.05, 0) is 53.7 Å². The maximum atomic E-state index is 13.2. The Morgan fingerprint density at radius 1 is 0.931 bits per heavy atom. The van der Waals surface area contributed by atoms with Crippen LogP contribution in [-0.2, 0) is 4.79 Å². The molecule has 0 aliphatic carbocycles. The fraction of sp³-hybridized carbons (Fsp3) is 0.130. The molecule has 1 saturated heterocycles. The van der Waals surface area contributed by atoms with E-state index in [-0.39, 0.29) is 5.91 Å². The minimum Gasteiger partial charge on any atom is -0.337 e. The van der Waals surface area contributed by atoms with Gasteiger partial charge in [0.1, 0.15) is 4.91 Å². The number of fused-ring (bicyclic) bond motifs is 2.